The average Bonchev–Trinajstić information content (AvgIpc) is 3.00. The first-order valence-corrected chi connectivity index (χ1v) is 9.24. The second-order valence-corrected chi connectivity index (χ2v) is 6.84. The molecule has 134 valence electrons. The topological polar surface area (TPSA) is 86.7 Å². The third-order valence-corrected chi connectivity index (χ3v) is 5.09. The largest absolute Gasteiger partial charge is 0.320 e. The molecule has 8 heteroatoms. The molecule has 0 atom stereocenters. The maximum absolute atomic E-state index is 10.7. The summed E-state index contributed by atoms with van der Waals surface area (Å²) in [6.07, 6.45) is 1.83. The highest BCUT2D eigenvalue weighted by Crippen LogP contribution is 2.28. The van der Waals surface area contributed by atoms with Crippen molar-refractivity contribution in [1.29, 1.82) is 0 Å². The highest BCUT2D eigenvalue weighted by atomic mass is 32.2. The van der Waals surface area contributed by atoms with Gasteiger partial charge in [0.05, 0.1) is 10.4 Å². The fourth-order valence-corrected chi connectivity index (χ4v) is 3.66. The number of allylic oxidation sites excluding steroid dienone is 1. The van der Waals surface area contributed by atoms with Crippen molar-refractivity contribution in [2.24, 2.45) is 0 Å². The number of non-ortho nitro benzene ring substituents is 1. The van der Waals surface area contributed by atoms with Crippen LogP contribution in [-0.2, 0) is 12.3 Å². The maximum Gasteiger partial charge on any atom is 0.269 e. The van der Waals surface area contributed by atoms with Crippen LogP contribution >= 0.6 is 11.8 Å². The van der Waals surface area contributed by atoms with Crippen LogP contribution in [0.5, 0.6) is 0 Å². The number of rotatable bonds is 6. The van der Waals surface area contributed by atoms with Crippen molar-refractivity contribution in [1.82, 2.24) is 19.7 Å². The quantitative estimate of drug-likeness (QED) is 0.215. The fraction of sp³-hybridized carbons (Fsp3) is 0.105. The van der Waals surface area contributed by atoms with E-state index in [1.807, 2.05) is 30.3 Å². The van der Waals surface area contributed by atoms with Gasteiger partial charge >= 0.3 is 0 Å². The van der Waals surface area contributed by atoms with Crippen LogP contribution in [0.15, 0.2) is 66.3 Å². The van der Waals surface area contributed by atoms with Gasteiger partial charge in [0.1, 0.15) is 5.52 Å². The Hall–Kier alpha value is -3.26. The summed E-state index contributed by atoms with van der Waals surface area (Å²) in [7, 11) is 0. The minimum absolute atomic E-state index is 0.0806. The maximum atomic E-state index is 10.7. The van der Waals surface area contributed by atoms with Crippen LogP contribution in [0, 0.1) is 10.1 Å². The van der Waals surface area contributed by atoms with Gasteiger partial charge in [0.25, 0.3) is 5.69 Å². The van der Waals surface area contributed by atoms with E-state index in [4.69, 9.17) is 0 Å². The predicted octanol–water partition coefficient (Wildman–Crippen LogP) is 4.37. The van der Waals surface area contributed by atoms with E-state index in [0.717, 1.165) is 27.6 Å². The number of para-hydroxylation sites is 1. The van der Waals surface area contributed by atoms with Crippen molar-refractivity contribution in [3.8, 4) is 0 Å². The molecule has 2 heterocycles. The minimum atomic E-state index is -0.406. The first-order valence-electron chi connectivity index (χ1n) is 8.26. The van der Waals surface area contributed by atoms with Crippen LogP contribution in [0.25, 0.3) is 22.1 Å². The van der Waals surface area contributed by atoms with Crippen LogP contribution in [0.1, 0.15) is 5.56 Å². The molecule has 0 fully saturated rings. The molecule has 0 aliphatic rings. The molecular weight excluding hydrogens is 362 g/mol. The summed E-state index contributed by atoms with van der Waals surface area (Å²) in [6, 6.07) is 14.5. The Labute approximate surface area is 158 Å². The van der Waals surface area contributed by atoms with Crippen molar-refractivity contribution in [3.63, 3.8) is 0 Å². The van der Waals surface area contributed by atoms with Crippen LogP contribution in [0.4, 0.5) is 5.69 Å². The number of hydrogen-bond donors (Lipinski definition) is 0. The van der Waals surface area contributed by atoms with Crippen molar-refractivity contribution in [2.45, 2.75) is 17.5 Å². The lowest BCUT2D eigenvalue weighted by Gasteiger charge is -2.03. The lowest BCUT2D eigenvalue weighted by Crippen LogP contribution is -1.99. The van der Waals surface area contributed by atoms with Crippen molar-refractivity contribution >= 4 is 39.5 Å². The third-order valence-electron chi connectivity index (χ3n) is 4.18. The van der Waals surface area contributed by atoms with Crippen LogP contribution < -0.4 is 0 Å². The Kier molecular flexibility index (Phi) is 4.55. The van der Waals surface area contributed by atoms with Crippen LogP contribution in [-0.4, -0.2) is 24.7 Å². The van der Waals surface area contributed by atoms with E-state index in [0.29, 0.717) is 17.5 Å². The van der Waals surface area contributed by atoms with Crippen molar-refractivity contribution < 1.29 is 4.92 Å². The van der Waals surface area contributed by atoms with Gasteiger partial charge in [-0.25, -0.2) is 4.98 Å². The number of nitro groups is 1. The van der Waals surface area contributed by atoms with Gasteiger partial charge in [-0.1, -0.05) is 48.2 Å². The fourth-order valence-electron chi connectivity index (χ4n) is 2.93. The van der Waals surface area contributed by atoms with Gasteiger partial charge in [0.15, 0.2) is 5.65 Å². The van der Waals surface area contributed by atoms with E-state index < -0.39 is 4.92 Å². The summed E-state index contributed by atoms with van der Waals surface area (Å²) in [5, 5.41) is 20.9. The first-order chi connectivity index (χ1) is 13.2. The number of nitro benzene ring substituents is 1. The minimum Gasteiger partial charge on any atom is -0.320 e. The molecule has 0 radical (unpaired) electrons. The molecule has 0 aliphatic heterocycles. The highest BCUT2D eigenvalue weighted by Gasteiger charge is 2.14. The Morgan fingerprint density at radius 1 is 1.15 bits per heavy atom. The number of hydrogen-bond acceptors (Lipinski definition) is 6. The summed E-state index contributed by atoms with van der Waals surface area (Å²) in [4.78, 5) is 15.0. The van der Waals surface area contributed by atoms with Gasteiger partial charge in [0, 0.05) is 29.8 Å². The summed E-state index contributed by atoms with van der Waals surface area (Å²) in [5.41, 5.74) is 3.63. The van der Waals surface area contributed by atoms with E-state index >= 15 is 0 Å². The molecule has 2 aromatic carbocycles. The Morgan fingerprint density at radius 2 is 1.93 bits per heavy atom. The molecule has 2 aromatic heterocycles. The van der Waals surface area contributed by atoms with Gasteiger partial charge < -0.3 is 4.57 Å². The molecule has 0 bridgehead atoms. The summed E-state index contributed by atoms with van der Waals surface area (Å²) < 4.78 is 2.07. The second kappa shape index (κ2) is 7.16. The second-order valence-electron chi connectivity index (χ2n) is 5.90. The molecule has 27 heavy (non-hydrogen) atoms. The van der Waals surface area contributed by atoms with E-state index in [-0.39, 0.29) is 5.69 Å². The van der Waals surface area contributed by atoms with E-state index in [1.165, 1.54) is 23.9 Å². The van der Waals surface area contributed by atoms with E-state index in [2.05, 4.69) is 26.3 Å². The smallest absolute Gasteiger partial charge is 0.269 e. The van der Waals surface area contributed by atoms with Crippen LogP contribution in [0.3, 0.4) is 0 Å². The van der Waals surface area contributed by atoms with Crippen LogP contribution in [0.2, 0.25) is 0 Å². The van der Waals surface area contributed by atoms with Crippen molar-refractivity contribution in [2.75, 3.05) is 0 Å². The number of benzene rings is 2. The molecular formula is C19H15N5O2S. The Bertz CT molecular complexity index is 1150. The van der Waals surface area contributed by atoms with Gasteiger partial charge in [-0.2, -0.15) is 0 Å². The zero-order chi connectivity index (χ0) is 18.8. The molecule has 4 aromatic rings. The predicted molar refractivity (Wildman–Crippen MR) is 106 cm³/mol. The molecule has 7 nitrogen and oxygen atoms in total. The number of thioether (sulfide) groups is 1. The molecule has 0 aliphatic carbocycles. The van der Waals surface area contributed by atoms with E-state index in [9.17, 15) is 10.1 Å². The van der Waals surface area contributed by atoms with Gasteiger partial charge in [-0.3, -0.25) is 10.1 Å². The molecule has 0 amide bonds. The standard InChI is InChI=1S/C19H15N5O2S/c1-2-11-23-16-6-4-3-5-15(16)17-18(23)20-19(22-21-17)27-12-13-7-9-14(10-8-13)24(25)26/h2-10H,1,11-12H2. The van der Waals surface area contributed by atoms with Gasteiger partial charge in [0.2, 0.25) is 5.16 Å². The van der Waals surface area contributed by atoms with Gasteiger partial charge in [-0.15, -0.1) is 16.8 Å². The third kappa shape index (κ3) is 3.26. The molecule has 0 saturated carbocycles. The monoisotopic (exact) mass is 377 g/mol. The number of fused-ring (bicyclic) bond motifs is 3. The molecule has 0 unspecified atom stereocenters. The number of aromatic nitrogens is 4. The zero-order valence-electron chi connectivity index (χ0n) is 14.3. The number of nitrogens with zero attached hydrogens (tertiary/aromatic N) is 5. The molecule has 0 N–H and O–H groups in total. The van der Waals surface area contributed by atoms with Crippen molar-refractivity contribution in [3.05, 3.63) is 76.9 Å². The van der Waals surface area contributed by atoms with E-state index in [1.54, 1.807) is 12.1 Å². The SMILES string of the molecule is C=CCn1c2ccccc2c2nnc(SCc3ccc([N+](=O)[O-])cc3)nc21. The normalized spacial score (nSPS) is 11.1. The summed E-state index contributed by atoms with van der Waals surface area (Å²) >= 11 is 1.45. The lowest BCUT2D eigenvalue weighted by atomic mass is 10.2. The lowest BCUT2D eigenvalue weighted by molar-refractivity contribution is -0.384. The Balaban J connectivity index is 1.64. The molecule has 4 rings (SSSR count). The van der Waals surface area contributed by atoms with Gasteiger partial charge in [-0.05, 0) is 11.6 Å². The average molecular weight is 377 g/mol. The summed E-state index contributed by atoms with van der Waals surface area (Å²) in [5.74, 6) is 0.604. The highest BCUT2D eigenvalue weighted by molar-refractivity contribution is 7.98. The molecule has 0 spiro atoms. The first kappa shape index (κ1) is 17.2. The zero-order valence-corrected chi connectivity index (χ0v) is 15.1. The Morgan fingerprint density at radius 3 is 2.67 bits per heavy atom. The summed E-state index contributed by atoms with van der Waals surface area (Å²) in [6.45, 7) is 4.46. The molecule has 0 saturated heterocycles.